The number of hydrogen-bond donors (Lipinski definition) is 3. The molecule has 0 rings (SSSR count). The van der Waals surface area contributed by atoms with Gasteiger partial charge in [-0.15, -0.1) is 0 Å². The molecule has 14 heavy (non-hydrogen) atoms. The number of rotatable bonds is 8. The Kier molecular flexibility index (Phi) is 7.42. The second kappa shape index (κ2) is 7.76. The van der Waals surface area contributed by atoms with Crippen molar-refractivity contribution in [3.63, 3.8) is 0 Å². The zero-order valence-electron chi connectivity index (χ0n) is 9.29. The van der Waals surface area contributed by atoms with Gasteiger partial charge in [0.25, 0.3) is 0 Å². The van der Waals surface area contributed by atoms with Crippen LogP contribution in [0, 0.1) is 5.41 Å². The van der Waals surface area contributed by atoms with E-state index in [1.54, 1.807) is 0 Å². The van der Waals surface area contributed by atoms with Crippen LogP contribution in [-0.4, -0.2) is 41.6 Å². The van der Waals surface area contributed by atoms with Crippen molar-refractivity contribution in [2.45, 2.75) is 39.2 Å². The Labute approximate surface area is 86.6 Å². The van der Waals surface area contributed by atoms with Crippen molar-refractivity contribution in [3.8, 4) is 0 Å². The number of aliphatic hydroxyl groups excluding tert-OH is 1. The van der Waals surface area contributed by atoms with Gasteiger partial charge >= 0.3 is 0 Å². The molecule has 0 heterocycles. The van der Waals surface area contributed by atoms with Crippen molar-refractivity contribution in [2.24, 2.45) is 5.73 Å². The van der Waals surface area contributed by atoms with Gasteiger partial charge in [0, 0.05) is 6.54 Å². The van der Waals surface area contributed by atoms with Crippen LogP contribution in [0.5, 0.6) is 0 Å². The van der Waals surface area contributed by atoms with E-state index in [2.05, 4.69) is 11.8 Å². The van der Waals surface area contributed by atoms with Crippen LogP contribution in [0.15, 0.2) is 0 Å². The topological polar surface area (TPSA) is 73.3 Å². The SMILES string of the molecule is CCCCN(CCO)C(CC)C(=N)N. The van der Waals surface area contributed by atoms with Crippen molar-refractivity contribution in [3.05, 3.63) is 0 Å². The zero-order chi connectivity index (χ0) is 11.0. The lowest BCUT2D eigenvalue weighted by molar-refractivity contribution is 0.173. The maximum Gasteiger partial charge on any atom is 0.108 e. The first-order valence-corrected chi connectivity index (χ1v) is 5.36. The molecule has 0 saturated carbocycles. The highest BCUT2D eigenvalue weighted by Crippen LogP contribution is 2.05. The summed E-state index contributed by atoms with van der Waals surface area (Å²) in [7, 11) is 0. The third-order valence-electron chi connectivity index (χ3n) is 2.37. The number of hydrogen-bond acceptors (Lipinski definition) is 3. The largest absolute Gasteiger partial charge is 0.395 e. The van der Waals surface area contributed by atoms with Crippen molar-refractivity contribution in [1.29, 1.82) is 5.41 Å². The fourth-order valence-electron chi connectivity index (χ4n) is 1.59. The first-order chi connectivity index (χ1) is 6.67. The second-order valence-electron chi connectivity index (χ2n) is 3.49. The van der Waals surface area contributed by atoms with Gasteiger partial charge in [-0.2, -0.15) is 0 Å². The van der Waals surface area contributed by atoms with E-state index in [1.807, 2.05) is 6.92 Å². The third kappa shape index (κ3) is 4.58. The number of nitrogens with one attached hydrogen (secondary N) is 1. The number of amidine groups is 1. The lowest BCUT2D eigenvalue weighted by Gasteiger charge is -2.29. The van der Waals surface area contributed by atoms with Gasteiger partial charge in [0.05, 0.1) is 12.6 Å². The van der Waals surface area contributed by atoms with Crippen molar-refractivity contribution < 1.29 is 5.11 Å². The van der Waals surface area contributed by atoms with Gasteiger partial charge < -0.3 is 10.8 Å². The van der Waals surface area contributed by atoms with E-state index in [-0.39, 0.29) is 18.5 Å². The van der Waals surface area contributed by atoms with Gasteiger partial charge in [-0.25, -0.2) is 0 Å². The quantitative estimate of drug-likeness (QED) is 0.401. The van der Waals surface area contributed by atoms with Gasteiger partial charge in [-0.1, -0.05) is 20.3 Å². The minimum atomic E-state index is -0.00583. The molecule has 1 unspecified atom stereocenters. The number of nitrogens with zero attached hydrogens (tertiary/aromatic N) is 1. The molecule has 84 valence electrons. The molecular weight excluding hydrogens is 178 g/mol. The molecule has 0 aromatic carbocycles. The fraction of sp³-hybridized carbons (Fsp3) is 0.900. The lowest BCUT2D eigenvalue weighted by atomic mass is 10.1. The van der Waals surface area contributed by atoms with Crippen LogP contribution >= 0.6 is 0 Å². The summed E-state index contributed by atoms with van der Waals surface area (Å²) in [4.78, 5) is 2.09. The monoisotopic (exact) mass is 201 g/mol. The van der Waals surface area contributed by atoms with E-state index >= 15 is 0 Å². The predicted octanol–water partition coefficient (Wildman–Crippen LogP) is 0.795. The van der Waals surface area contributed by atoms with Crippen LogP contribution in [0.4, 0.5) is 0 Å². The Morgan fingerprint density at radius 2 is 2.07 bits per heavy atom. The van der Waals surface area contributed by atoms with Gasteiger partial charge in [0.1, 0.15) is 5.84 Å². The molecular formula is C10H23N3O. The fourth-order valence-corrected chi connectivity index (χ4v) is 1.59. The standard InChI is InChI=1S/C10H23N3O/c1-3-5-6-13(7-8-14)9(4-2)10(11)12/h9,14H,3-8H2,1-2H3,(H3,11,12). The maximum atomic E-state index is 8.91. The van der Waals surface area contributed by atoms with Crippen molar-refractivity contribution in [2.75, 3.05) is 19.7 Å². The first-order valence-electron chi connectivity index (χ1n) is 5.36. The van der Waals surface area contributed by atoms with Crippen LogP contribution in [0.1, 0.15) is 33.1 Å². The van der Waals surface area contributed by atoms with E-state index in [4.69, 9.17) is 16.2 Å². The summed E-state index contributed by atoms with van der Waals surface area (Å²) >= 11 is 0. The summed E-state index contributed by atoms with van der Waals surface area (Å²) in [6, 6.07) is -0.00583. The highest BCUT2D eigenvalue weighted by Gasteiger charge is 2.17. The Hall–Kier alpha value is -0.610. The molecule has 4 nitrogen and oxygen atoms in total. The molecule has 4 N–H and O–H groups in total. The van der Waals surface area contributed by atoms with Gasteiger partial charge in [-0.05, 0) is 19.4 Å². The first kappa shape index (κ1) is 13.4. The number of aliphatic hydroxyl groups is 1. The normalized spacial score (nSPS) is 13.1. The average molecular weight is 201 g/mol. The third-order valence-corrected chi connectivity index (χ3v) is 2.37. The maximum absolute atomic E-state index is 8.91. The molecule has 0 spiro atoms. The van der Waals surface area contributed by atoms with Crippen molar-refractivity contribution >= 4 is 5.84 Å². The van der Waals surface area contributed by atoms with E-state index in [0.29, 0.717) is 6.54 Å². The highest BCUT2D eigenvalue weighted by molar-refractivity contribution is 5.82. The molecule has 0 saturated heterocycles. The molecule has 0 aromatic rings. The minimum Gasteiger partial charge on any atom is -0.395 e. The van der Waals surface area contributed by atoms with Crippen LogP contribution in [0.2, 0.25) is 0 Å². The Balaban J connectivity index is 4.19. The van der Waals surface area contributed by atoms with Gasteiger partial charge in [0.2, 0.25) is 0 Å². The highest BCUT2D eigenvalue weighted by atomic mass is 16.3. The molecule has 0 aliphatic carbocycles. The van der Waals surface area contributed by atoms with E-state index in [1.165, 1.54) is 0 Å². The summed E-state index contributed by atoms with van der Waals surface area (Å²) in [6.07, 6.45) is 3.04. The van der Waals surface area contributed by atoms with Crippen LogP contribution < -0.4 is 5.73 Å². The lowest BCUT2D eigenvalue weighted by Crippen LogP contribution is -2.45. The number of nitrogens with two attached hydrogens (primary N) is 1. The molecule has 4 heteroatoms. The van der Waals surface area contributed by atoms with Gasteiger partial charge in [-0.3, -0.25) is 10.3 Å². The summed E-state index contributed by atoms with van der Waals surface area (Å²) in [6.45, 7) is 5.80. The minimum absolute atomic E-state index is 0.00583. The molecule has 0 aromatic heterocycles. The van der Waals surface area contributed by atoms with Crippen molar-refractivity contribution in [1.82, 2.24) is 4.90 Å². The number of unbranched alkanes of at least 4 members (excludes halogenated alkanes) is 1. The van der Waals surface area contributed by atoms with Crippen LogP contribution in [0.25, 0.3) is 0 Å². The Morgan fingerprint density at radius 1 is 1.43 bits per heavy atom. The smallest absolute Gasteiger partial charge is 0.108 e. The van der Waals surface area contributed by atoms with Gasteiger partial charge in [0.15, 0.2) is 0 Å². The summed E-state index contributed by atoms with van der Waals surface area (Å²) in [5, 5.41) is 16.4. The molecule has 0 fully saturated rings. The Morgan fingerprint density at radius 3 is 2.43 bits per heavy atom. The molecule has 0 aliphatic heterocycles. The summed E-state index contributed by atoms with van der Waals surface area (Å²) < 4.78 is 0. The molecule has 0 aliphatic rings. The van der Waals surface area contributed by atoms with E-state index in [0.717, 1.165) is 25.8 Å². The molecule has 0 radical (unpaired) electrons. The van der Waals surface area contributed by atoms with Crippen LogP contribution in [-0.2, 0) is 0 Å². The predicted molar refractivity (Wildman–Crippen MR) is 59.6 cm³/mol. The summed E-state index contributed by atoms with van der Waals surface area (Å²) in [5.74, 6) is 0.206. The molecule has 1 atom stereocenters. The van der Waals surface area contributed by atoms with E-state index < -0.39 is 0 Å². The van der Waals surface area contributed by atoms with E-state index in [9.17, 15) is 0 Å². The summed E-state index contributed by atoms with van der Waals surface area (Å²) in [5.41, 5.74) is 5.51. The zero-order valence-corrected chi connectivity index (χ0v) is 9.29. The second-order valence-corrected chi connectivity index (χ2v) is 3.49. The average Bonchev–Trinajstić information content (AvgIpc) is 2.14. The van der Waals surface area contributed by atoms with Crippen LogP contribution in [0.3, 0.4) is 0 Å². The Bertz CT molecular complexity index is 161. The molecule has 0 amide bonds. The molecule has 0 bridgehead atoms.